The molecule has 0 N–H and O–H groups in total. The normalized spacial score (nSPS) is 10.0. The lowest BCUT2D eigenvalue weighted by atomic mass is 10.3. The van der Waals surface area contributed by atoms with E-state index in [0.717, 1.165) is 23.5 Å². The summed E-state index contributed by atoms with van der Waals surface area (Å²) >= 11 is 4.19. The Kier molecular flexibility index (Phi) is 2.22. The van der Waals surface area contributed by atoms with E-state index in [1.54, 1.807) is 6.26 Å². The molecule has 1 aromatic rings. The van der Waals surface area contributed by atoms with Crippen molar-refractivity contribution in [2.45, 2.75) is 24.7 Å². The Bertz CT molecular complexity index is 181. The summed E-state index contributed by atoms with van der Waals surface area (Å²) in [6.45, 7) is 2.12. The maximum atomic E-state index is 5.13. The van der Waals surface area contributed by atoms with Crippen molar-refractivity contribution in [1.29, 1.82) is 0 Å². The van der Waals surface area contributed by atoms with Crippen LogP contribution in [0.2, 0.25) is 0 Å². The van der Waals surface area contributed by atoms with Gasteiger partial charge in [-0.25, -0.2) is 0 Å². The monoisotopic (exact) mass is 142 g/mol. The molecule has 0 aromatic carbocycles. The first-order valence-electron chi connectivity index (χ1n) is 3.10. The summed E-state index contributed by atoms with van der Waals surface area (Å²) in [4.78, 5) is 0.969. The zero-order valence-electron chi connectivity index (χ0n) is 5.42. The van der Waals surface area contributed by atoms with Crippen LogP contribution in [-0.4, -0.2) is 0 Å². The van der Waals surface area contributed by atoms with E-state index < -0.39 is 0 Å². The Morgan fingerprint density at radius 2 is 2.44 bits per heavy atom. The Morgan fingerprint density at radius 1 is 1.67 bits per heavy atom. The molecule has 50 valence electrons. The first-order valence-corrected chi connectivity index (χ1v) is 3.54. The molecular formula is C7H10OS. The average Bonchev–Trinajstić information content (AvgIpc) is 2.18. The van der Waals surface area contributed by atoms with Gasteiger partial charge in [-0.1, -0.05) is 6.92 Å². The van der Waals surface area contributed by atoms with E-state index in [0.29, 0.717) is 0 Å². The molecule has 0 aliphatic rings. The molecule has 0 saturated carbocycles. The summed E-state index contributed by atoms with van der Waals surface area (Å²) < 4.78 is 5.13. The maximum absolute atomic E-state index is 5.13. The third-order valence-electron chi connectivity index (χ3n) is 1.20. The Labute approximate surface area is 60.5 Å². The molecule has 1 rings (SSSR count). The Morgan fingerprint density at radius 3 is 2.89 bits per heavy atom. The van der Waals surface area contributed by atoms with Crippen molar-refractivity contribution in [3.63, 3.8) is 0 Å². The third kappa shape index (κ3) is 1.52. The van der Waals surface area contributed by atoms with Gasteiger partial charge >= 0.3 is 0 Å². The predicted molar refractivity (Wildman–Crippen MR) is 40.0 cm³/mol. The zero-order chi connectivity index (χ0) is 6.69. The van der Waals surface area contributed by atoms with Gasteiger partial charge in [0.2, 0.25) is 0 Å². The fourth-order valence-electron chi connectivity index (χ4n) is 0.748. The standard InChI is InChI=1S/C7H10OS/c1-2-3-6-7(9)4-5-8-6/h4-5,9H,2-3H2,1H3. The van der Waals surface area contributed by atoms with E-state index >= 15 is 0 Å². The van der Waals surface area contributed by atoms with Gasteiger partial charge in [0.05, 0.1) is 6.26 Å². The molecule has 0 fully saturated rings. The lowest BCUT2D eigenvalue weighted by Crippen LogP contribution is -1.77. The molecule has 2 heteroatoms. The summed E-state index contributed by atoms with van der Waals surface area (Å²) in [5.41, 5.74) is 0. The van der Waals surface area contributed by atoms with Gasteiger partial charge in [-0.05, 0) is 12.5 Å². The van der Waals surface area contributed by atoms with Gasteiger partial charge in [0, 0.05) is 11.3 Å². The largest absolute Gasteiger partial charge is 0.468 e. The van der Waals surface area contributed by atoms with Crippen LogP contribution in [0.3, 0.4) is 0 Å². The van der Waals surface area contributed by atoms with Crippen LogP contribution in [-0.2, 0) is 6.42 Å². The highest BCUT2D eigenvalue weighted by atomic mass is 32.1. The fraction of sp³-hybridized carbons (Fsp3) is 0.429. The molecule has 0 amide bonds. The second kappa shape index (κ2) is 2.97. The van der Waals surface area contributed by atoms with Crippen molar-refractivity contribution in [3.8, 4) is 0 Å². The Hall–Kier alpha value is -0.370. The minimum absolute atomic E-state index is 0.969. The lowest BCUT2D eigenvalue weighted by molar-refractivity contribution is 0.498. The van der Waals surface area contributed by atoms with E-state index in [1.165, 1.54) is 0 Å². The number of thiol groups is 1. The second-order valence-electron chi connectivity index (χ2n) is 1.98. The molecule has 9 heavy (non-hydrogen) atoms. The molecule has 0 saturated heterocycles. The molecule has 1 nitrogen and oxygen atoms in total. The molecule has 0 aliphatic heterocycles. The number of rotatable bonds is 2. The van der Waals surface area contributed by atoms with Gasteiger partial charge in [0.15, 0.2) is 0 Å². The van der Waals surface area contributed by atoms with Gasteiger partial charge in [0.1, 0.15) is 5.76 Å². The van der Waals surface area contributed by atoms with Gasteiger partial charge in [-0.15, -0.1) is 12.6 Å². The Balaban J connectivity index is 2.69. The van der Waals surface area contributed by atoms with Crippen LogP contribution >= 0.6 is 12.6 Å². The number of hydrogen-bond donors (Lipinski definition) is 1. The molecule has 0 bridgehead atoms. The van der Waals surface area contributed by atoms with Crippen molar-refractivity contribution >= 4 is 12.6 Å². The summed E-state index contributed by atoms with van der Waals surface area (Å²) in [6, 6.07) is 1.87. The predicted octanol–water partition coefficient (Wildman–Crippen LogP) is 2.52. The SMILES string of the molecule is CCCc1occc1S. The minimum Gasteiger partial charge on any atom is -0.468 e. The van der Waals surface area contributed by atoms with Crippen molar-refractivity contribution in [2.24, 2.45) is 0 Å². The first kappa shape index (κ1) is 6.75. The highest BCUT2D eigenvalue weighted by Crippen LogP contribution is 2.15. The van der Waals surface area contributed by atoms with E-state index in [9.17, 15) is 0 Å². The van der Waals surface area contributed by atoms with Crippen LogP contribution in [0.15, 0.2) is 21.6 Å². The van der Waals surface area contributed by atoms with Crippen LogP contribution in [0, 0.1) is 0 Å². The number of furan rings is 1. The van der Waals surface area contributed by atoms with E-state index in [4.69, 9.17) is 4.42 Å². The number of aryl methyl sites for hydroxylation is 1. The topological polar surface area (TPSA) is 13.1 Å². The molecule has 0 atom stereocenters. The average molecular weight is 142 g/mol. The van der Waals surface area contributed by atoms with Crippen LogP contribution in [0.4, 0.5) is 0 Å². The maximum Gasteiger partial charge on any atom is 0.117 e. The first-order chi connectivity index (χ1) is 4.34. The molecule has 0 radical (unpaired) electrons. The van der Waals surface area contributed by atoms with Crippen LogP contribution in [0.25, 0.3) is 0 Å². The molecule has 1 heterocycles. The van der Waals surface area contributed by atoms with E-state index in [-0.39, 0.29) is 0 Å². The summed E-state index contributed by atoms with van der Waals surface area (Å²) in [5.74, 6) is 1.00. The summed E-state index contributed by atoms with van der Waals surface area (Å²) in [7, 11) is 0. The van der Waals surface area contributed by atoms with Gasteiger partial charge in [-0.2, -0.15) is 0 Å². The summed E-state index contributed by atoms with van der Waals surface area (Å²) in [6.07, 6.45) is 3.78. The van der Waals surface area contributed by atoms with Gasteiger partial charge in [0.25, 0.3) is 0 Å². The minimum atomic E-state index is 0.969. The highest BCUT2D eigenvalue weighted by molar-refractivity contribution is 7.80. The van der Waals surface area contributed by atoms with Crippen molar-refractivity contribution < 1.29 is 4.42 Å². The van der Waals surface area contributed by atoms with Crippen molar-refractivity contribution in [1.82, 2.24) is 0 Å². The van der Waals surface area contributed by atoms with Crippen LogP contribution in [0.5, 0.6) is 0 Å². The molecule has 0 aliphatic carbocycles. The van der Waals surface area contributed by atoms with Crippen molar-refractivity contribution in [3.05, 3.63) is 18.1 Å². The van der Waals surface area contributed by atoms with Crippen molar-refractivity contribution in [2.75, 3.05) is 0 Å². The quantitative estimate of drug-likeness (QED) is 0.626. The van der Waals surface area contributed by atoms with Crippen LogP contribution < -0.4 is 0 Å². The van der Waals surface area contributed by atoms with E-state index in [2.05, 4.69) is 19.6 Å². The molecule has 0 unspecified atom stereocenters. The molecule has 0 spiro atoms. The zero-order valence-corrected chi connectivity index (χ0v) is 6.32. The lowest BCUT2D eigenvalue weighted by Gasteiger charge is -1.90. The van der Waals surface area contributed by atoms with Crippen LogP contribution in [0.1, 0.15) is 19.1 Å². The smallest absolute Gasteiger partial charge is 0.117 e. The molecule has 1 aromatic heterocycles. The number of hydrogen-bond acceptors (Lipinski definition) is 2. The fourth-order valence-corrected chi connectivity index (χ4v) is 0.973. The van der Waals surface area contributed by atoms with Gasteiger partial charge in [-0.3, -0.25) is 0 Å². The van der Waals surface area contributed by atoms with E-state index in [1.807, 2.05) is 6.07 Å². The summed E-state index contributed by atoms with van der Waals surface area (Å²) in [5, 5.41) is 0. The molecular weight excluding hydrogens is 132 g/mol. The van der Waals surface area contributed by atoms with Gasteiger partial charge < -0.3 is 4.42 Å². The second-order valence-corrected chi connectivity index (χ2v) is 2.46. The third-order valence-corrected chi connectivity index (χ3v) is 1.60. The highest BCUT2D eigenvalue weighted by Gasteiger charge is 1.98.